The van der Waals surface area contributed by atoms with Crippen molar-refractivity contribution in [3.05, 3.63) is 0 Å². The molecule has 0 aromatic rings. The lowest BCUT2D eigenvalue weighted by Crippen LogP contribution is -2.58. The lowest BCUT2D eigenvalue weighted by atomic mass is 10.1. The number of nitrogens with one attached hydrogen (secondary N) is 7. The third-order valence-corrected chi connectivity index (χ3v) is 5.84. The number of hydrogen-bond donors (Lipinski definition) is 13. The summed E-state index contributed by atoms with van der Waals surface area (Å²) in [5.41, 5.74) is 15.8. The molecular formula is C24H40N10O12. The first-order valence-corrected chi connectivity index (χ1v) is 13.6. The van der Waals surface area contributed by atoms with Gasteiger partial charge in [0.05, 0.1) is 25.4 Å². The molecule has 0 bridgehead atoms. The van der Waals surface area contributed by atoms with E-state index >= 15 is 0 Å². The third kappa shape index (κ3) is 17.5. The van der Waals surface area contributed by atoms with Crippen LogP contribution in [0.2, 0.25) is 0 Å². The number of hydrogen-bond acceptors (Lipinski definition) is 11. The number of primary amides is 1. The maximum atomic E-state index is 13.0. The number of aliphatic carboxylic acids is 3. The van der Waals surface area contributed by atoms with Crippen molar-refractivity contribution in [3.8, 4) is 0 Å². The average Bonchev–Trinajstić information content (AvgIpc) is 2.93. The molecule has 46 heavy (non-hydrogen) atoms. The van der Waals surface area contributed by atoms with Gasteiger partial charge in [-0.2, -0.15) is 0 Å². The van der Waals surface area contributed by atoms with E-state index in [-0.39, 0.29) is 25.3 Å². The zero-order valence-corrected chi connectivity index (χ0v) is 24.8. The van der Waals surface area contributed by atoms with E-state index in [1.165, 1.54) is 0 Å². The first-order chi connectivity index (χ1) is 21.3. The molecule has 0 aliphatic rings. The van der Waals surface area contributed by atoms with Gasteiger partial charge in [-0.25, -0.2) is 4.79 Å². The Balaban J connectivity index is 5.45. The Morgan fingerprint density at radius 1 is 0.696 bits per heavy atom. The van der Waals surface area contributed by atoms with Crippen molar-refractivity contribution < 1.29 is 58.5 Å². The van der Waals surface area contributed by atoms with E-state index in [1.54, 1.807) is 0 Å². The Bertz CT molecular complexity index is 1180. The first-order valence-electron chi connectivity index (χ1n) is 13.6. The van der Waals surface area contributed by atoms with Crippen LogP contribution in [0.3, 0.4) is 0 Å². The molecule has 16 N–H and O–H groups in total. The third-order valence-electron chi connectivity index (χ3n) is 5.84. The van der Waals surface area contributed by atoms with Crippen LogP contribution < -0.4 is 49.1 Å². The van der Waals surface area contributed by atoms with Crippen LogP contribution in [0.4, 0.5) is 0 Å². The van der Waals surface area contributed by atoms with E-state index < -0.39 is 116 Å². The molecule has 0 radical (unpaired) electrons. The second-order valence-corrected chi connectivity index (χ2v) is 9.82. The van der Waals surface area contributed by atoms with E-state index in [9.17, 15) is 48.3 Å². The molecular weight excluding hydrogens is 620 g/mol. The summed E-state index contributed by atoms with van der Waals surface area (Å²) in [5.74, 6) is -10.7. The molecule has 0 rings (SSSR count). The van der Waals surface area contributed by atoms with Gasteiger partial charge >= 0.3 is 17.9 Å². The predicted octanol–water partition coefficient (Wildman–Crippen LogP) is -6.05. The maximum absolute atomic E-state index is 13.0. The number of nitrogens with two attached hydrogens (primary N) is 3. The van der Waals surface area contributed by atoms with Crippen LogP contribution in [0, 0.1) is 5.41 Å². The van der Waals surface area contributed by atoms with Crippen LogP contribution in [0.5, 0.6) is 0 Å². The van der Waals surface area contributed by atoms with E-state index in [1.807, 2.05) is 5.32 Å². The zero-order valence-electron chi connectivity index (χ0n) is 24.8. The fourth-order valence-corrected chi connectivity index (χ4v) is 3.51. The SMILES string of the molecule is C[C@H](NC(=O)[C@H](CC(=O)O)NC(=O)[C@H](CCCNC(=N)N)NC(=O)[C@@H](N)CC(N)=O)C(=O)NCC(=O)N[C@@H](CCC(=O)O)C(=O)O. The van der Waals surface area contributed by atoms with Gasteiger partial charge in [0.2, 0.25) is 35.4 Å². The van der Waals surface area contributed by atoms with Gasteiger partial charge in [0.15, 0.2) is 5.96 Å². The summed E-state index contributed by atoms with van der Waals surface area (Å²) in [4.78, 5) is 107. The van der Waals surface area contributed by atoms with Crippen LogP contribution in [0.25, 0.3) is 0 Å². The minimum absolute atomic E-state index is 0.0886. The Morgan fingerprint density at radius 2 is 1.28 bits per heavy atom. The molecule has 6 amide bonds. The highest BCUT2D eigenvalue weighted by Gasteiger charge is 2.31. The minimum atomic E-state index is -1.77. The van der Waals surface area contributed by atoms with Crippen molar-refractivity contribution in [2.75, 3.05) is 13.1 Å². The van der Waals surface area contributed by atoms with E-state index in [2.05, 4.69) is 26.6 Å². The second-order valence-electron chi connectivity index (χ2n) is 9.82. The monoisotopic (exact) mass is 660 g/mol. The summed E-state index contributed by atoms with van der Waals surface area (Å²) in [6.07, 6.45) is -2.47. The summed E-state index contributed by atoms with van der Waals surface area (Å²) in [7, 11) is 0. The molecule has 0 spiro atoms. The van der Waals surface area contributed by atoms with Crippen LogP contribution in [-0.2, 0) is 43.2 Å². The largest absolute Gasteiger partial charge is 0.481 e. The molecule has 22 nitrogen and oxygen atoms in total. The van der Waals surface area contributed by atoms with Gasteiger partial charge in [0, 0.05) is 13.0 Å². The quantitative estimate of drug-likeness (QED) is 0.0292. The fraction of sp³-hybridized carbons (Fsp3) is 0.583. The Kier molecular flexibility index (Phi) is 18.0. The Labute approximate surface area is 261 Å². The molecule has 258 valence electrons. The van der Waals surface area contributed by atoms with E-state index in [0.29, 0.717) is 0 Å². The molecule has 0 aliphatic carbocycles. The maximum Gasteiger partial charge on any atom is 0.326 e. The summed E-state index contributed by atoms with van der Waals surface area (Å²) < 4.78 is 0. The smallest absolute Gasteiger partial charge is 0.326 e. The standard InChI is InChI=1S/C24H40N10O12/c1-10(19(41)30-9-16(36)32-13(23(45)46)4-5-17(37)38)31-22(44)14(8-18(39)40)34-21(43)12(3-2-6-29-24(27)28)33-20(42)11(25)7-15(26)35/h10-14H,2-9,25H2,1H3,(H2,26,35)(H,30,41)(H,31,44)(H,32,36)(H,33,42)(H,34,43)(H,37,38)(H,39,40)(H,45,46)(H4,27,28,29)/t10-,11-,12-,13-,14-/m0/s1. The van der Waals surface area contributed by atoms with Crippen molar-refractivity contribution in [2.45, 2.75) is 75.7 Å². The Morgan fingerprint density at radius 3 is 1.80 bits per heavy atom. The van der Waals surface area contributed by atoms with Gasteiger partial charge in [-0.15, -0.1) is 0 Å². The van der Waals surface area contributed by atoms with Gasteiger partial charge in [-0.1, -0.05) is 0 Å². The van der Waals surface area contributed by atoms with Crippen molar-refractivity contribution in [1.82, 2.24) is 31.9 Å². The van der Waals surface area contributed by atoms with Crippen LogP contribution in [0.15, 0.2) is 0 Å². The molecule has 0 saturated heterocycles. The van der Waals surface area contributed by atoms with Gasteiger partial charge < -0.3 is 64.4 Å². The fourth-order valence-electron chi connectivity index (χ4n) is 3.51. The topological polar surface area (TPSA) is 388 Å². The molecule has 5 atom stereocenters. The van der Waals surface area contributed by atoms with Crippen LogP contribution in [-0.4, -0.2) is 118 Å². The van der Waals surface area contributed by atoms with E-state index in [0.717, 1.165) is 6.92 Å². The molecule has 22 heteroatoms. The van der Waals surface area contributed by atoms with Crippen molar-refractivity contribution >= 4 is 59.3 Å². The summed E-state index contributed by atoms with van der Waals surface area (Å²) >= 11 is 0. The number of amides is 6. The minimum Gasteiger partial charge on any atom is -0.481 e. The van der Waals surface area contributed by atoms with Gasteiger partial charge in [0.1, 0.15) is 24.2 Å². The number of carboxylic acid groups (broad SMARTS) is 3. The number of guanidine groups is 1. The molecule has 0 aromatic heterocycles. The number of rotatable bonds is 22. The number of carbonyl (C=O) groups excluding carboxylic acids is 6. The highest BCUT2D eigenvalue weighted by Crippen LogP contribution is 2.03. The summed E-state index contributed by atoms with van der Waals surface area (Å²) in [6.45, 7) is 0.483. The van der Waals surface area contributed by atoms with Crippen molar-refractivity contribution in [3.63, 3.8) is 0 Å². The molecule has 0 aromatic carbocycles. The van der Waals surface area contributed by atoms with Crippen molar-refractivity contribution in [1.29, 1.82) is 5.41 Å². The lowest BCUT2D eigenvalue weighted by molar-refractivity contribution is -0.143. The predicted molar refractivity (Wildman–Crippen MR) is 154 cm³/mol. The van der Waals surface area contributed by atoms with Gasteiger partial charge in [-0.3, -0.25) is 43.8 Å². The first kappa shape index (κ1) is 40.5. The summed E-state index contributed by atoms with van der Waals surface area (Å²) in [5, 5.41) is 47.5. The highest BCUT2D eigenvalue weighted by atomic mass is 16.4. The molecule has 0 saturated carbocycles. The zero-order chi connectivity index (χ0) is 35.6. The van der Waals surface area contributed by atoms with Gasteiger partial charge in [-0.05, 0) is 26.2 Å². The Hall–Kier alpha value is -5.54. The number of carbonyl (C=O) groups is 9. The van der Waals surface area contributed by atoms with Crippen LogP contribution in [0.1, 0.15) is 45.4 Å². The molecule has 0 heterocycles. The van der Waals surface area contributed by atoms with Gasteiger partial charge in [0.25, 0.3) is 0 Å². The molecule has 0 fully saturated rings. The molecule has 0 aliphatic heterocycles. The lowest BCUT2D eigenvalue weighted by Gasteiger charge is -2.24. The van der Waals surface area contributed by atoms with E-state index in [4.69, 9.17) is 32.8 Å². The number of carboxylic acids is 3. The average molecular weight is 661 g/mol. The summed E-state index contributed by atoms with van der Waals surface area (Å²) in [6, 6.07) is -7.56. The van der Waals surface area contributed by atoms with Crippen molar-refractivity contribution in [2.24, 2.45) is 17.2 Å². The second kappa shape index (κ2) is 20.4. The van der Waals surface area contributed by atoms with Crippen LogP contribution >= 0.6 is 0 Å². The normalized spacial score (nSPS) is 13.7. The highest BCUT2D eigenvalue weighted by molar-refractivity contribution is 5.97. The molecule has 0 unspecified atom stereocenters.